The Morgan fingerprint density at radius 1 is 1.03 bits per heavy atom. The molecule has 1 aromatic heterocycles. The number of H-pyrrole nitrogens is 1. The Morgan fingerprint density at radius 2 is 1.83 bits per heavy atom. The van der Waals surface area contributed by atoms with Crippen molar-refractivity contribution in [1.29, 1.82) is 0 Å². The predicted octanol–water partition coefficient (Wildman–Crippen LogP) is 5.44. The maximum Gasteiger partial charge on any atom is 0.322 e. The monoisotopic (exact) mass is 469 g/mol. The molecule has 1 unspecified atom stereocenters. The molecule has 35 heavy (non-hydrogen) atoms. The summed E-state index contributed by atoms with van der Waals surface area (Å²) >= 11 is 0. The van der Waals surface area contributed by atoms with Gasteiger partial charge < -0.3 is 29.4 Å². The fourth-order valence-electron chi connectivity index (χ4n) is 5.03. The number of urea groups is 1. The highest BCUT2D eigenvalue weighted by Gasteiger charge is 2.35. The second-order valence-corrected chi connectivity index (χ2v) is 8.97. The molecule has 1 atom stereocenters. The number of nitrogens with one attached hydrogen (secondary N) is 2. The van der Waals surface area contributed by atoms with Crippen LogP contribution in [0.5, 0.6) is 17.2 Å². The first-order valence-corrected chi connectivity index (χ1v) is 11.8. The number of carbonyl (C=O) groups is 1. The molecule has 4 aromatic rings. The van der Waals surface area contributed by atoms with Gasteiger partial charge in [0.1, 0.15) is 19.0 Å². The van der Waals surface area contributed by atoms with E-state index in [4.69, 9.17) is 14.2 Å². The van der Waals surface area contributed by atoms with Crippen LogP contribution in [0.3, 0.4) is 0 Å². The molecule has 7 heteroatoms. The fraction of sp³-hybridized carbons (Fsp3) is 0.250. The van der Waals surface area contributed by atoms with Crippen LogP contribution in [0.1, 0.15) is 28.4 Å². The number of ether oxygens (including phenoxy) is 3. The third-order valence-corrected chi connectivity index (χ3v) is 6.78. The summed E-state index contributed by atoms with van der Waals surface area (Å²) in [5.41, 5.74) is 6.23. The van der Waals surface area contributed by atoms with Gasteiger partial charge in [0.25, 0.3) is 0 Å². The minimum absolute atomic E-state index is 0.158. The minimum atomic E-state index is -0.241. The Labute approximate surface area is 203 Å². The molecule has 3 aromatic carbocycles. The van der Waals surface area contributed by atoms with Crippen molar-refractivity contribution in [1.82, 2.24) is 9.88 Å². The van der Waals surface area contributed by atoms with Crippen LogP contribution in [0, 0.1) is 6.92 Å². The van der Waals surface area contributed by atoms with E-state index in [2.05, 4.69) is 47.6 Å². The van der Waals surface area contributed by atoms with Crippen LogP contribution < -0.4 is 19.5 Å². The Hall–Kier alpha value is -4.13. The lowest BCUT2D eigenvalue weighted by Crippen LogP contribution is -2.43. The van der Waals surface area contributed by atoms with E-state index >= 15 is 0 Å². The number of aryl methyl sites for hydroxylation is 1. The molecule has 0 fully saturated rings. The van der Waals surface area contributed by atoms with E-state index in [1.165, 1.54) is 11.1 Å². The summed E-state index contributed by atoms with van der Waals surface area (Å²) < 4.78 is 16.8. The third kappa shape index (κ3) is 3.83. The van der Waals surface area contributed by atoms with Crippen LogP contribution in [0.4, 0.5) is 10.5 Å². The fourth-order valence-corrected chi connectivity index (χ4v) is 5.03. The number of fused-ring (bicyclic) bond motifs is 4. The molecule has 3 heterocycles. The number of anilines is 1. The number of methoxy groups -OCH3 is 1. The molecule has 0 bridgehead atoms. The maximum absolute atomic E-state index is 13.6. The van der Waals surface area contributed by atoms with Gasteiger partial charge in [0.05, 0.1) is 13.2 Å². The average molecular weight is 470 g/mol. The Bertz CT molecular complexity index is 1410. The van der Waals surface area contributed by atoms with E-state index in [1.54, 1.807) is 7.11 Å². The first-order valence-electron chi connectivity index (χ1n) is 11.8. The lowest BCUT2D eigenvalue weighted by Gasteiger charge is -2.36. The average Bonchev–Trinajstić information content (AvgIpc) is 3.26. The number of rotatable bonds is 3. The normalized spacial score (nSPS) is 16.6. The van der Waals surface area contributed by atoms with Gasteiger partial charge in [0.15, 0.2) is 11.5 Å². The molecule has 2 aliphatic heterocycles. The number of nitrogens with zero attached hydrogens (tertiary/aromatic N) is 1. The molecule has 6 rings (SSSR count). The van der Waals surface area contributed by atoms with Gasteiger partial charge in [-0.05, 0) is 54.8 Å². The Kier molecular flexibility index (Phi) is 5.25. The number of hydrogen-bond acceptors (Lipinski definition) is 4. The van der Waals surface area contributed by atoms with Gasteiger partial charge in [-0.1, -0.05) is 29.8 Å². The van der Waals surface area contributed by atoms with Gasteiger partial charge >= 0.3 is 6.03 Å². The predicted molar refractivity (Wildman–Crippen MR) is 135 cm³/mol. The highest BCUT2D eigenvalue weighted by atomic mass is 16.6. The molecule has 7 nitrogen and oxygen atoms in total. The first-order chi connectivity index (χ1) is 17.1. The summed E-state index contributed by atoms with van der Waals surface area (Å²) in [6.07, 6.45) is 0.749. The van der Waals surface area contributed by atoms with Gasteiger partial charge in [0.2, 0.25) is 0 Å². The molecule has 2 aliphatic rings. The zero-order valence-corrected chi connectivity index (χ0v) is 19.8. The van der Waals surface area contributed by atoms with Crippen LogP contribution >= 0.6 is 0 Å². The zero-order valence-electron chi connectivity index (χ0n) is 19.8. The van der Waals surface area contributed by atoms with E-state index in [-0.39, 0.29) is 12.1 Å². The smallest absolute Gasteiger partial charge is 0.322 e. The molecule has 0 spiro atoms. The molecule has 178 valence electrons. The summed E-state index contributed by atoms with van der Waals surface area (Å²) in [5.74, 6) is 2.17. The maximum atomic E-state index is 13.6. The molecule has 2 amide bonds. The summed E-state index contributed by atoms with van der Waals surface area (Å²) in [4.78, 5) is 19.1. The summed E-state index contributed by atoms with van der Waals surface area (Å²) in [7, 11) is 1.68. The second-order valence-electron chi connectivity index (χ2n) is 8.97. The number of amides is 2. The molecular weight excluding hydrogens is 442 g/mol. The lowest BCUT2D eigenvalue weighted by atomic mass is 9.92. The van der Waals surface area contributed by atoms with Gasteiger partial charge in [-0.3, -0.25) is 0 Å². The SMILES string of the molecule is COc1ccc2[nH]c3c(c2c1)CCN(C(=O)Nc1ccc2c(c1)OCCO2)C3c1ccc(C)cc1. The molecule has 0 aliphatic carbocycles. The van der Waals surface area contributed by atoms with E-state index in [0.717, 1.165) is 34.3 Å². The topological polar surface area (TPSA) is 75.8 Å². The Morgan fingerprint density at radius 3 is 2.63 bits per heavy atom. The number of benzene rings is 3. The van der Waals surface area contributed by atoms with Crippen LogP contribution in [0.25, 0.3) is 10.9 Å². The van der Waals surface area contributed by atoms with Gasteiger partial charge in [0, 0.05) is 34.9 Å². The number of aromatic amines is 1. The van der Waals surface area contributed by atoms with Crippen LogP contribution in [0.15, 0.2) is 60.7 Å². The van der Waals surface area contributed by atoms with E-state index in [0.29, 0.717) is 36.9 Å². The van der Waals surface area contributed by atoms with E-state index < -0.39 is 0 Å². The first kappa shape index (κ1) is 21.4. The van der Waals surface area contributed by atoms with Crippen molar-refractivity contribution in [2.75, 3.05) is 32.2 Å². The van der Waals surface area contributed by atoms with Crippen molar-refractivity contribution in [3.05, 3.63) is 83.0 Å². The third-order valence-electron chi connectivity index (χ3n) is 6.78. The number of carbonyl (C=O) groups excluding carboxylic acids is 1. The van der Waals surface area contributed by atoms with Crippen molar-refractivity contribution in [2.45, 2.75) is 19.4 Å². The highest BCUT2D eigenvalue weighted by molar-refractivity contribution is 5.92. The summed E-state index contributed by atoms with van der Waals surface area (Å²) in [6, 6.07) is 19.5. The zero-order chi connectivity index (χ0) is 23.9. The molecular formula is C28H27N3O4. The quantitative estimate of drug-likeness (QED) is 0.419. The van der Waals surface area contributed by atoms with Crippen LogP contribution in [0.2, 0.25) is 0 Å². The van der Waals surface area contributed by atoms with Gasteiger partial charge in [-0.2, -0.15) is 0 Å². The van der Waals surface area contributed by atoms with E-state index in [1.807, 2.05) is 35.2 Å². The van der Waals surface area contributed by atoms with E-state index in [9.17, 15) is 4.79 Å². The van der Waals surface area contributed by atoms with Crippen LogP contribution in [-0.2, 0) is 6.42 Å². The van der Waals surface area contributed by atoms with Crippen molar-refractivity contribution >= 4 is 22.6 Å². The van der Waals surface area contributed by atoms with Gasteiger partial charge in [-0.15, -0.1) is 0 Å². The largest absolute Gasteiger partial charge is 0.497 e. The standard InChI is InChI=1S/C28H27N3O4/c1-17-3-5-18(6-4-17)27-26-21(22-16-20(33-2)8-9-23(22)30-26)11-12-31(27)28(32)29-19-7-10-24-25(15-19)35-14-13-34-24/h3-10,15-16,27,30H,11-14H2,1-2H3,(H,29,32). The van der Waals surface area contributed by atoms with Crippen LogP contribution in [-0.4, -0.2) is 42.8 Å². The second kappa shape index (κ2) is 8.58. The lowest BCUT2D eigenvalue weighted by molar-refractivity contribution is 0.171. The molecule has 2 N–H and O–H groups in total. The Balaban J connectivity index is 1.38. The molecule has 0 saturated heterocycles. The summed E-state index contributed by atoms with van der Waals surface area (Å²) in [5, 5.41) is 4.22. The van der Waals surface area contributed by atoms with Crippen molar-refractivity contribution in [2.24, 2.45) is 0 Å². The van der Waals surface area contributed by atoms with Crippen molar-refractivity contribution in [3.8, 4) is 17.2 Å². The molecule has 0 radical (unpaired) electrons. The minimum Gasteiger partial charge on any atom is -0.497 e. The number of aromatic nitrogens is 1. The summed E-state index contributed by atoms with van der Waals surface area (Å²) in [6.45, 7) is 3.69. The van der Waals surface area contributed by atoms with Gasteiger partial charge in [-0.25, -0.2) is 4.79 Å². The highest BCUT2D eigenvalue weighted by Crippen LogP contribution is 2.40. The van der Waals surface area contributed by atoms with Crippen molar-refractivity contribution < 1.29 is 19.0 Å². The van der Waals surface area contributed by atoms with Crippen molar-refractivity contribution in [3.63, 3.8) is 0 Å². The molecule has 0 saturated carbocycles. The number of hydrogen-bond donors (Lipinski definition) is 2.